The van der Waals surface area contributed by atoms with Gasteiger partial charge in [-0.05, 0) is 24.5 Å². The Kier molecular flexibility index (Phi) is 4.29. The first-order chi connectivity index (χ1) is 6.65. The van der Waals surface area contributed by atoms with Gasteiger partial charge in [0.05, 0.1) is 0 Å². The van der Waals surface area contributed by atoms with Crippen molar-refractivity contribution < 1.29 is 9.18 Å². The van der Waals surface area contributed by atoms with Gasteiger partial charge in [-0.2, -0.15) is 0 Å². The molecule has 0 saturated heterocycles. The summed E-state index contributed by atoms with van der Waals surface area (Å²) in [6.07, 6.45) is 2.40. The second-order valence-electron chi connectivity index (χ2n) is 2.77. The van der Waals surface area contributed by atoms with Crippen LogP contribution in [-0.4, -0.2) is 11.3 Å². The molecule has 0 spiro atoms. The number of carbonyl (C=O) groups is 1. The summed E-state index contributed by atoms with van der Waals surface area (Å²) in [5, 5.41) is -0.0311. The molecule has 0 saturated carbocycles. The first-order valence-electron chi connectivity index (χ1n) is 4.09. The standard InChI is InChI=1S/C9H8Cl2FNO/c10-8-6(3-1-2-4-14)5-7(12)9(11)13-8/h4-5H,1-3H2. The van der Waals surface area contributed by atoms with Crippen LogP contribution in [0.4, 0.5) is 4.39 Å². The monoisotopic (exact) mass is 235 g/mol. The highest BCUT2D eigenvalue weighted by Gasteiger charge is 2.08. The largest absolute Gasteiger partial charge is 0.303 e. The van der Waals surface area contributed by atoms with Crippen molar-refractivity contribution in [3.05, 3.63) is 27.8 Å². The van der Waals surface area contributed by atoms with Gasteiger partial charge < -0.3 is 4.79 Å². The summed E-state index contributed by atoms with van der Waals surface area (Å²) in [7, 11) is 0. The fraction of sp³-hybridized carbons (Fsp3) is 0.333. The number of hydrogen-bond acceptors (Lipinski definition) is 2. The Balaban J connectivity index is 2.76. The Morgan fingerprint density at radius 3 is 2.79 bits per heavy atom. The lowest BCUT2D eigenvalue weighted by atomic mass is 10.1. The third-order valence-corrected chi connectivity index (χ3v) is 2.32. The second kappa shape index (κ2) is 5.27. The van der Waals surface area contributed by atoms with Gasteiger partial charge in [0, 0.05) is 6.42 Å². The van der Waals surface area contributed by atoms with Crippen LogP contribution in [0.15, 0.2) is 6.07 Å². The molecule has 0 N–H and O–H groups in total. The van der Waals surface area contributed by atoms with Gasteiger partial charge in [-0.1, -0.05) is 23.2 Å². The zero-order chi connectivity index (χ0) is 10.6. The second-order valence-corrected chi connectivity index (χ2v) is 3.49. The maximum absolute atomic E-state index is 12.9. The lowest BCUT2D eigenvalue weighted by Crippen LogP contribution is -1.93. The van der Waals surface area contributed by atoms with E-state index in [2.05, 4.69) is 4.98 Å². The van der Waals surface area contributed by atoms with Crippen molar-refractivity contribution in [2.75, 3.05) is 0 Å². The predicted octanol–water partition coefficient (Wildman–Crippen LogP) is 3.05. The number of aldehydes is 1. The highest BCUT2D eigenvalue weighted by Crippen LogP contribution is 2.21. The fourth-order valence-corrected chi connectivity index (χ4v) is 1.45. The van der Waals surface area contributed by atoms with Gasteiger partial charge in [-0.25, -0.2) is 9.37 Å². The maximum Gasteiger partial charge on any atom is 0.166 e. The minimum atomic E-state index is -0.586. The van der Waals surface area contributed by atoms with E-state index in [1.54, 1.807) is 0 Å². The Hall–Kier alpha value is -0.670. The molecule has 0 aliphatic carbocycles. The van der Waals surface area contributed by atoms with Crippen LogP contribution in [0.1, 0.15) is 18.4 Å². The van der Waals surface area contributed by atoms with E-state index in [0.29, 0.717) is 24.8 Å². The van der Waals surface area contributed by atoms with Crippen molar-refractivity contribution in [3.8, 4) is 0 Å². The molecule has 0 fully saturated rings. The van der Waals surface area contributed by atoms with E-state index in [4.69, 9.17) is 23.2 Å². The minimum absolute atomic E-state index is 0.197. The fourth-order valence-electron chi connectivity index (χ4n) is 1.03. The molecule has 0 bridgehead atoms. The van der Waals surface area contributed by atoms with Gasteiger partial charge in [0.1, 0.15) is 11.4 Å². The van der Waals surface area contributed by atoms with Gasteiger partial charge >= 0.3 is 0 Å². The topological polar surface area (TPSA) is 30.0 Å². The average molecular weight is 236 g/mol. The van der Waals surface area contributed by atoms with Crippen molar-refractivity contribution in [2.45, 2.75) is 19.3 Å². The number of nitrogens with zero attached hydrogens (tertiary/aromatic N) is 1. The van der Waals surface area contributed by atoms with Crippen molar-refractivity contribution in [2.24, 2.45) is 0 Å². The van der Waals surface area contributed by atoms with Crippen molar-refractivity contribution in [1.29, 1.82) is 0 Å². The van der Waals surface area contributed by atoms with E-state index in [-0.39, 0.29) is 10.3 Å². The summed E-state index contributed by atoms with van der Waals surface area (Å²) in [6, 6.07) is 1.25. The van der Waals surface area contributed by atoms with Gasteiger partial charge in [0.25, 0.3) is 0 Å². The Bertz CT molecular complexity index is 344. The molecule has 0 radical (unpaired) electrons. The van der Waals surface area contributed by atoms with Crippen molar-refractivity contribution >= 4 is 29.5 Å². The number of aryl methyl sites for hydroxylation is 1. The van der Waals surface area contributed by atoms with Crippen molar-refractivity contribution in [3.63, 3.8) is 0 Å². The van der Waals surface area contributed by atoms with Gasteiger partial charge in [0.2, 0.25) is 0 Å². The molecule has 1 rings (SSSR count). The molecule has 1 aromatic heterocycles. The maximum atomic E-state index is 12.9. The Morgan fingerprint density at radius 1 is 1.43 bits per heavy atom. The number of pyridine rings is 1. The van der Waals surface area contributed by atoms with Crippen LogP contribution in [0, 0.1) is 5.82 Å². The lowest BCUT2D eigenvalue weighted by molar-refractivity contribution is -0.107. The molecule has 2 nitrogen and oxygen atoms in total. The van der Waals surface area contributed by atoms with E-state index in [9.17, 15) is 9.18 Å². The molecular weight excluding hydrogens is 228 g/mol. The molecule has 0 unspecified atom stereocenters. The quantitative estimate of drug-likeness (QED) is 0.456. The highest BCUT2D eigenvalue weighted by atomic mass is 35.5. The molecule has 0 aliphatic heterocycles. The molecule has 5 heteroatoms. The van der Waals surface area contributed by atoms with E-state index in [1.807, 2.05) is 0 Å². The zero-order valence-corrected chi connectivity index (χ0v) is 8.78. The SMILES string of the molecule is O=CCCCc1cc(F)c(Cl)nc1Cl. The summed E-state index contributed by atoms with van der Waals surface area (Å²) in [5.74, 6) is -0.586. The Morgan fingerprint density at radius 2 is 2.14 bits per heavy atom. The van der Waals surface area contributed by atoms with Crippen LogP contribution >= 0.6 is 23.2 Å². The van der Waals surface area contributed by atoms with Crippen LogP contribution < -0.4 is 0 Å². The van der Waals surface area contributed by atoms with Crippen LogP contribution in [0.3, 0.4) is 0 Å². The third-order valence-electron chi connectivity index (χ3n) is 1.73. The van der Waals surface area contributed by atoms with Crippen LogP contribution in [-0.2, 0) is 11.2 Å². The lowest BCUT2D eigenvalue weighted by Gasteiger charge is -2.03. The summed E-state index contributed by atoms with van der Waals surface area (Å²) in [6.45, 7) is 0. The molecule has 1 heterocycles. The molecule has 0 aromatic carbocycles. The summed E-state index contributed by atoms with van der Waals surface area (Å²) < 4.78 is 12.9. The van der Waals surface area contributed by atoms with Gasteiger partial charge in [-0.15, -0.1) is 0 Å². The van der Waals surface area contributed by atoms with E-state index in [1.165, 1.54) is 6.07 Å². The summed E-state index contributed by atoms with van der Waals surface area (Å²) in [5.41, 5.74) is 0.579. The summed E-state index contributed by atoms with van der Waals surface area (Å²) >= 11 is 11.2. The summed E-state index contributed by atoms with van der Waals surface area (Å²) in [4.78, 5) is 13.7. The Labute approximate surface area is 91.0 Å². The number of aromatic nitrogens is 1. The number of hydrogen-bond donors (Lipinski definition) is 0. The number of carbonyl (C=O) groups excluding carboxylic acids is 1. The van der Waals surface area contributed by atoms with E-state index < -0.39 is 5.82 Å². The number of halogens is 3. The normalized spacial score (nSPS) is 10.2. The van der Waals surface area contributed by atoms with Crippen LogP contribution in [0.2, 0.25) is 10.3 Å². The zero-order valence-electron chi connectivity index (χ0n) is 7.27. The first-order valence-corrected chi connectivity index (χ1v) is 4.84. The third kappa shape index (κ3) is 2.93. The molecule has 0 amide bonds. The smallest absolute Gasteiger partial charge is 0.166 e. The molecule has 0 aliphatic rings. The molecule has 1 aromatic rings. The molecule has 14 heavy (non-hydrogen) atoms. The molecular formula is C9H8Cl2FNO. The molecule has 76 valence electrons. The average Bonchev–Trinajstić information content (AvgIpc) is 2.14. The van der Waals surface area contributed by atoms with Crippen molar-refractivity contribution in [1.82, 2.24) is 4.98 Å². The highest BCUT2D eigenvalue weighted by molar-refractivity contribution is 6.32. The van der Waals surface area contributed by atoms with E-state index >= 15 is 0 Å². The first kappa shape index (κ1) is 11.4. The number of rotatable bonds is 4. The van der Waals surface area contributed by atoms with Crippen LogP contribution in [0.25, 0.3) is 0 Å². The number of unbranched alkanes of at least 4 members (excludes halogenated alkanes) is 1. The predicted molar refractivity (Wildman–Crippen MR) is 53.2 cm³/mol. The molecule has 0 atom stereocenters. The van der Waals surface area contributed by atoms with E-state index in [0.717, 1.165) is 6.29 Å². The van der Waals surface area contributed by atoms with Crippen LogP contribution in [0.5, 0.6) is 0 Å². The van der Waals surface area contributed by atoms with Gasteiger partial charge in [-0.3, -0.25) is 0 Å². The minimum Gasteiger partial charge on any atom is -0.303 e. The van der Waals surface area contributed by atoms with Gasteiger partial charge in [0.15, 0.2) is 11.0 Å².